The molecule has 10 nitrogen and oxygen atoms in total. The minimum absolute atomic E-state index is 0.266. The van der Waals surface area contributed by atoms with E-state index in [-0.39, 0.29) is 5.56 Å². The summed E-state index contributed by atoms with van der Waals surface area (Å²) in [5.74, 6) is -5.43. The number of carbonyl (C=O) groups is 5. The molecule has 136 valence electrons. The lowest BCUT2D eigenvalue weighted by molar-refractivity contribution is -0.135. The summed E-state index contributed by atoms with van der Waals surface area (Å²) in [7, 11) is 1.31. The van der Waals surface area contributed by atoms with Crippen molar-refractivity contribution in [3.8, 4) is 0 Å². The average Bonchev–Trinajstić information content (AvgIpc) is 2.53. The van der Waals surface area contributed by atoms with Gasteiger partial charge in [-0.25, -0.2) is 19.2 Å². The topological polar surface area (TPSA) is 176 Å². The summed E-state index contributed by atoms with van der Waals surface area (Å²) in [4.78, 5) is 50.6. The molecule has 0 bridgehead atoms. The molecule has 1 rings (SSSR count). The molecule has 0 amide bonds. The number of carboxylic acid groups (broad SMARTS) is 4. The van der Waals surface area contributed by atoms with Crippen LogP contribution in [-0.2, 0) is 14.3 Å². The zero-order valence-corrected chi connectivity index (χ0v) is 13.3. The van der Waals surface area contributed by atoms with Gasteiger partial charge < -0.3 is 25.2 Å². The Morgan fingerprint density at radius 1 is 0.920 bits per heavy atom. The van der Waals surface area contributed by atoms with Crippen LogP contribution >= 0.6 is 0 Å². The second kappa shape index (κ2) is 11.8. The second-order valence-corrected chi connectivity index (χ2v) is 3.92. The van der Waals surface area contributed by atoms with Crippen LogP contribution in [0.3, 0.4) is 0 Å². The van der Waals surface area contributed by atoms with Crippen LogP contribution in [0.5, 0.6) is 0 Å². The van der Waals surface area contributed by atoms with Crippen LogP contribution in [-0.4, -0.2) is 57.4 Å². The molecule has 0 aliphatic heterocycles. The third kappa shape index (κ3) is 10.6. The summed E-state index contributed by atoms with van der Waals surface area (Å²) in [5.41, 5.74) is -1.24. The number of carboxylic acids is 4. The molecule has 0 aliphatic carbocycles. The lowest BCUT2D eigenvalue weighted by Crippen LogP contribution is -2.10. The van der Waals surface area contributed by atoms with Gasteiger partial charge in [0.1, 0.15) is 0 Å². The summed E-state index contributed by atoms with van der Waals surface area (Å²) in [6, 6.07) is 2.81. The van der Waals surface area contributed by atoms with Crippen LogP contribution in [0.15, 0.2) is 30.9 Å². The molecule has 0 saturated carbocycles. The smallest absolute Gasteiger partial charge is 0.336 e. The fraction of sp³-hybridized carbons (Fsp3) is 0.133. The number of rotatable bonds is 4. The molecule has 0 atom stereocenters. The van der Waals surface area contributed by atoms with Crippen molar-refractivity contribution in [2.45, 2.75) is 6.92 Å². The van der Waals surface area contributed by atoms with Crippen LogP contribution in [0.25, 0.3) is 0 Å². The van der Waals surface area contributed by atoms with Gasteiger partial charge in [0.2, 0.25) is 0 Å². The highest BCUT2D eigenvalue weighted by Gasteiger charge is 2.17. The zero-order chi connectivity index (χ0) is 20.2. The highest BCUT2D eigenvalue weighted by molar-refractivity contribution is 6.03. The number of esters is 1. The number of aromatic carboxylic acids is 3. The molecule has 0 saturated heterocycles. The second-order valence-electron chi connectivity index (χ2n) is 3.92. The largest absolute Gasteiger partial charge is 0.481 e. The first-order valence-electron chi connectivity index (χ1n) is 6.21. The van der Waals surface area contributed by atoms with E-state index in [2.05, 4.69) is 11.3 Å². The van der Waals surface area contributed by atoms with Crippen molar-refractivity contribution >= 4 is 29.8 Å². The van der Waals surface area contributed by atoms with Crippen LogP contribution in [0.4, 0.5) is 0 Å². The molecular formula is C15H16O10. The minimum Gasteiger partial charge on any atom is -0.481 e. The molecule has 4 N–H and O–H groups in total. The van der Waals surface area contributed by atoms with Crippen molar-refractivity contribution in [1.29, 1.82) is 0 Å². The fourth-order valence-electron chi connectivity index (χ4n) is 1.12. The maximum atomic E-state index is 10.6. The Morgan fingerprint density at radius 3 is 1.60 bits per heavy atom. The molecule has 10 heteroatoms. The Kier molecular flexibility index (Phi) is 11.1. The van der Waals surface area contributed by atoms with Gasteiger partial charge >= 0.3 is 23.9 Å². The fourth-order valence-corrected chi connectivity index (χ4v) is 1.12. The molecule has 25 heavy (non-hydrogen) atoms. The molecule has 0 spiro atoms. The summed E-state index contributed by atoms with van der Waals surface area (Å²) in [6.45, 7) is 4.24. The Balaban J connectivity index is 0. The number of hydrogen-bond acceptors (Lipinski definition) is 6. The predicted molar refractivity (Wildman–Crippen MR) is 82.8 cm³/mol. The maximum Gasteiger partial charge on any atom is 0.336 e. The van der Waals surface area contributed by atoms with Gasteiger partial charge in [-0.3, -0.25) is 4.79 Å². The van der Waals surface area contributed by atoms with E-state index < -0.39 is 41.0 Å². The molecule has 1 aromatic rings. The highest BCUT2D eigenvalue weighted by Crippen LogP contribution is 2.12. The summed E-state index contributed by atoms with van der Waals surface area (Å²) in [6.07, 6.45) is 1.11. The van der Waals surface area contributed by atoms with Gasteiger partial charge in [-0.1, -0.05) is 6.58 Å². The number of aliphatic carboxylic acids is 1. The van der Waals surface area contributed by atoms with E-state index >= 15 is 0 Å². The van der Waals surface area contributed by atoms with E-state index in [9.17, 15) is 19.2 Å². The van der Waals surface area contributed by atoms with Crippen molar-refractivity contribution in [2.75, 3.05) is 7.11 Å². The number of benzene rings is 1. The van der Waals surface area contributed by atoms with Crippen LogP contribution in [0.2, 0.25) is 0 Å². The third-order valence-electron chi connectivity index (χ3n) is 2.10. The first-order valence-corrected chi connectivity index (χ1v) is 6.21. The van der Waals surface area contributed by atoms with Gasteiger partial charge in [0.05, 0.1) is 23.8 Å². The summed E-state index contributed by atoms with van der Waals surface area (Å²) < 4.78 is 4.14. The Hall–Kier alpha value is -3.69. The molecule has 0 heterocycles. The Morgan fingerprint density at radius 2 is 1.36 bits per heavy atom. The summed E-state index contributed by atoms with van der Waals surface area (Å²) in [5, 5.41) is 33.3. The maximum absolute atomic E-state index is 10.6. The first kappa shape index (κ1) is 23.6. The van der Waals surface area contributed by atoms with Crippen molar-refractivity contribution in [3.05, 3.63) is 47.5 Å². The van der Waals surface area contributed by atoms with E-state index in [1.165, 1.54) is 7.11 Å². The Labute approximate surface area is 141 Å². The van der Waals surface area contributed by atoms with Gasteiger partial charge in [0.15, 0.2) is 0 Å². The van der Waals surface area contributed by atoms with E-state index in [1.54, 1.807) is 0 Å². The minimum atomic E-state index is -1.48. The van der Waals surface area contributed by atoms with Gasteiger partial charge in [-0.2, -0.15) is 0 Å². The Bertz CT molecular complexity index is 671. The van der Waals surface area contributed by atoms with E-state index in [0.717, 1.165) is 31.2 Å². The van der Waals surface area contributed by atoms with Gasteiger partial charge in [-0.05, 0) is 18.2 Å². The van der Waals surface area contributed by atoms with Gasteiger partial charge in [0, 0.05) is 13.0 Å². The molecule has 0 fully saturated rings. The molecule has 0 unspecified atom stereocenters. The molecule has 0 aromatic heterocycles. The average molecular weight is 356 g/mol. The number of carbonyl (C=O) groups excluding carboxylic acids is 1. The lowest BCUT2D eigenvalue weighted by atomic mass is 10.0. The lowest BCUT2D eigenvalue weighted by Gasteiger charge is -2.02. The van der Waals surface area contributed by atoms with Crippen molar-refractivity contribution in [1.82, 2.24) is 0 Å². The van der Waals surface area contributed by atoms with Gasteiger partial charge in [0.25, 0.3) is 5.97 Å². The number of hydrogen-bond donors (Lipinski definition) is 4. The predicted octanol–water partition coefficient (Wildman–Crippen LogP) is 1.22. The number of methoxy groups -OCH3 is 1. The normalized spacial score (nSPS) is 8.40. The van der Waals surface area contributed by atoms with Crippen LogP contribution in [0, 0.1) is 0 Å². The molecule has 0 radical (unpaired) electrons. The third-order valence-corrected chi connectivity index (χ3v) is 2.10. The van der Waals surface area contributed by atoms with Crippen molar-refractivity contribution in [2.24, 2.45) is 0 Å². The van der Waals surface area contributed by atoms with Gasteiger partial charge in [-0.15, -0.1) is 0 Å². The molecular weight excluding hydrogens is 340 g/mol. The quantitative estimate of drug-likeness (QED) is 0.453. The SMILES string of the molecule is C=CC(=O)OC.CC(=O)O.O=C(O)c1ccc(C(=O)O)c(C(=O)O)c1. The molecule has 1 aromatic carbocycles. The number of ether oxygens (including phenoxy) is 1. The van der Waals surface area contributed by atoms with Crippen LogP contribution < -0.4 is 0 Å². The molecule has 0 aliphatic rings. The van der Waals surface area contributed by atoms with Crippen LogP contribution in [0.1, 0.15) is 38.0 Å². The standard InChI is InChI=1S/C9H6O6.C4H6O2.C2H4O2/c10-7(11)4-1-2-5(8(12)13)6(3-4)9(14)15;1-3-4(5)6-2;1-2(3)4/h1-3H,(H,10,11)(H,12,13)(H,14,15);3H,1H2,2H3;1H3,(H,3,4). The van der Waals surface area contributed by atoms with Crippen molar-refractivity contribution in [3.63, 3.8) is 0 Å². The van der Waals surface area contributed by atoms with E-state index in [1.807, 2.05) is 0 Å². The summed E-state index contributed by atoms with van der Waals surface area (Å²) >= 11 is 0. The zero-order valence-electron chi connectivity index (χ0n) is 13.3. The highest BCUT2D eigenvalue weighted by atomic mass is 16.5. The first-order chi connectivity index (χ1) is 11.5. The van der Waals surface area contributed by atoms with Crippen molar-refractivity contribution < 1.29 is 49.1 Å². The van der Waals surface area contributed by atoms with E-state index in [4.69, 9.17) is 25.2 Å². The monoisotopic (exact) mass is 356 g/mol. The van der Waals surface area contributed by atoms with E-state index in [0.29, 0.717) is 0 Å².